The predicted octanol–water partition coefficient (Wildman–Crippen LogP) is 8.41. The lowest BCUT2D eigenvalue weighted by Crippen LogP contribution is -2.50. The van der Waals surface area contributed by atoms with Crippen LogP contribution in [-0.4, -0.2) is 11.2 Å². The first-order valence-electron chi connectivity index (χ1n) is 14.1. The monoisotopic (exact) mass is 428 g/mol. The van der Waals surface area contributed by atoms with Crippen LogP contribution in [0.5, 0.6) is 0 Å². The quantitative estimate of drug-likeness (QED) is 0.403. The number of rotatable bonds is 7. The Morgan fingerprint density at radius 3 is 2.45 bits per heavy atom. The first-order chi connectivity index (χ1) is 14.7. The van der Waals surface area contributed by atoms with Crippen molar-refractivity contribution in [2.45, 2.75) is 125 Å². The van der Waals surface area contributed by atoms with Crippen molar-refractivity contribution in [1.82, 2.24) is 0 Å². The van der Waals surface area contributed by atoms with Gasteiger partial charge in [0, 0.05) is 0 Å². The predicted molar refractivity (Wildman–Crippen MR) is 133 cm³/mol. The molecule has 9 atom stereocenters. The van der Waals surface area contributed by atoms with E-state index in [0.29, 0.717) is 10.8 Å². The Morgan fingerprint density at radius 1 is 0.968 bits per heavy atom. The average Bonchev–Trinajstić information content (AvgIpc) is 3.08. The highest BCUT2D eigenvalue weighted by Crippen LogP contribution is 2.67. The third-order valence-corrected chi connectivity index (χ3v) is 11.4. The molecule has 0 saturated heterocycles. The maximum absolute atomic E-state index is 10.3. The third-order valence-electron chi connectivity index (χ3n) is 11.4. The molecule has 4 unspecified atom stereocenters. The molecule has 0 radical (unpaired) electrons. The Balaban J connectivity index is 1.46. The van der Waals surface area contributed by atoms with Gasteiger partial charge in [-0.1, -0.05) is 72.5 Å². The van der Waals surface area contributed by atoms with Gasteiger partial charge in [-0.25, -0.2) is 0 Å². The van der Waals surface area contributed by atoms with Crippen LogP contribution in [0.2, 0.25) is 0 Å². The molecule has 4 rings (SSSR count). The van der Waals surface area contributed by atoms with E-state index in [4.69, 9.17) is 0 Å². The van der Waals surface area contributed by atoms with Gasteiger partial charge in [-0.2, -0.15) is 0 Å². The molecule has 4 aliphatic rings. The van der Waals surface area contributed by atoms with Crippen molar-refractivity contribution in [1.29, 1.82) is 0 Å². The van der Waals surface area contributed by atoms with Gasteiger partial charge in [-0.05, 0) is 110 Å². The normalized spacial score (nSPS) is 44.3. The van der Waals surface area contributed by atoms with E-state index in [-0.39, 0.29) is 6.10 Å². The van der Waals surface area contributed by atoms with Gasteiger partial charge in [0.15, 0.2) is 0 Å². The topological polar surface area (TPSA) is 20.2 Å². The molecule has 1 N–H and O–H groups in total. The maximum Gasteiger partial charge on any atom is 0.0577 e. The van der Waals surface area contributed by atoms with Gasteiger partial charge in [0.1, 0.15) is 0 Å². The van der Waals surface area contributed by atoms with Gasteiger partial charge in [0.2, 0.25) is 0 Å². The first kappa shape index (κ1) is 23.8. The first-order valence-corrected chi connectivity index (χ1v) is 14.1. The molecule has 0 aromatic rings. The summed E-state index contributed by atoms with van der Waals surface area (Å²) in [6.07, 6.45) is 18.5. The van der Waals surface area contributed by atoms with Crippen molar-refractivity contribution in [3.8, 4) is 0 Å². The fraction of sp³-hybridized carbons (Fsp3) is 0.933. The van der Waals surface area contributed by atoms with Crippen LogP contribution < -0.4 is 0 Å². The molecule has 178 valence electrons. The molecule has 0 heterocycles. The second-order valence-electron chi connectivity index (χ2n) is 13.2. The number of allylic oxidation sites excluding steroid dienone is 1. The Labute approximate surface area is 193 Å². The van der Waals surface area contributed by atoms with Crippen LogP contribution in [0.1, 0.15) is 119 Å². The molecule has 0 bridgehead atoms. The zero-order valence-electron chi connectivity index (χ0n) is 21.6. The summed E-state index contributed by atoms with van der Waals surface area (Å²) in [6, 6.07) is 0. The lowest BCUT2D eigenvalue weighted by Gasteiger charge is -2.58. The molecule has 3 saturated carbocycles. The van der Waals surface area contributed by atoms with Crippen molar-refractivity contribution in [2.24, 2.45) is 52.3 Å². The average molecular weight is 429 g/mol. The molecule has 4 aliphatic carbocycles. The molecule has 31 heavy (non-hydrogen) atoms. The van der Waals surface area contributed by atoms with Crippen molar-refractivity contribution < 1.29 is 5.11 Å². The van der Waals surface area contributed by atoms with Crippen molar-refractivity contribution in [3.05, 3.63) is 11.6 Å². The van der Waals surface area contributed by atoms with E-state index in [0.717, 1.165) is 54.3 Å². The third kappa shape index (κ3) is 4.20. The number of aliphatic hydroxyl groups excluding tert-OH is 1. The smallest absolute Gasteiger partial charge is 0.0577 e. The highest BCUT2D eigenvalue weighted by molar-refractivity contribution is 5.25. The van der Waals surface area contributed by atoms with Crippen LogP contribution in [0.25, 0.3) is 0 Å². The number of hydrogen-bond acceptors (Lipinski definition) is 1. The molecule has 3 fully saturated rings. The molecule has 1 nitrogen and oxygen atoms in total. The van der Waals surface area contributed by atoms with Crippen molar-refractivity contribution in [3.63, 3.8) is 0 Å². The molecule has 0 aromatic heterocycles. The van der Waals surface area contributed by atoms with E-state index >= 15 is 0 Å². The van der Waals surface area contributed by atoms with Crippen LogP contribution in [-0.2, 0) is 0 Å². The van der Waals surface area contributed by atoms with Crippen LogP contribution in [0.4, 0.5) is 0 Å². The fourth-order valence-corrected chi connectivity index (χ4v) is 9.48. The minimum atomic E-state index is -0.0798. The van der Waals surface area contributed by atoms with E-state index in [1.807, 2.05) is 0 Å². The molecular formula is C30H52O. The highest BCUT2D eigenvalue weighted by Gasteiger charge is 2.59. The van der Waals surface area contributed by atoms with Gasteiger partial charge in [0.25, 0.3) is 0 Å². The van der Waals surface area contributed by atoms with Crippen LogP contribution >= 0.6 is 0 Å². The summed E-state index contributed by atoms with van der Waals surface area (Å²) in [5.41, 5.74) is 2.58. The highest BCUT2D eigenvalue weighted by atomic mass is 16.3. The van der Waals surface area contributed by atoms with Crippen molar-refractivity contribution in [2.75, 3.05) is 0 Å². The second-order valence-corrected chi connectivity index (χ2v) is 13.2. The lowest BCUT2D eigenvalue weighted by molar-refractivity contribution is -0.0575. The Hall–Kier alpha value is -0.300. The SMILES string of the molecule is CCCC(CC[C@@H](C)[C@H]1CCC2C3CC=C4C[C@@H](O)CC[C@]4(C)C3CC[C@@]21C)C(C)C. The number of fused-ring (bicyclic) bond motifs is 5. The molecule has 0 spiro atoms. The molecule has 0 amide bonds. The summed E-state index contributed by atoms with van der Waals surface area (Å²) >= 11 is 0. The summed E-state index contributed by atoms with van der Waals surface area (Å²) in [5, 5.41) is 10.3. The van der Waals surface area contributed by atoms with Gasteiger partial charge in [-0.15, -0.1) is 0 Å². The molecule has 0 aliphatic heterocycles. The summed E-state index contributed by atoms with van der Waals surface area (Å²) < 4.78 is 0. The zero-order valence-corrected chi connectivity index (χ0v) is 21.6. The summed E-state index contributed by atoms with van der Waals surface area (Å²) in [6.45, 7) is 15.1. The number of hydrogen-bond donors (Lipinski definition) is 1. The van der Waals surface area contributed by atoms with Crippen LogP contribution in [0.15, 0.2) is 11.6 Å². The fourth-order valence-electron chi connectivity index (χ4n) is 9.48. The van der Waals surface area contributed by atoms with E-state index in [1.165, 1.54) is 64.2 Å². The summed E-state index contributed by atoms with van der Waals surface area (Å²) in [4.78, 5) is 0. The zero-order chi connectivity index (χ0) is 22.4. The largest absolute Gasteiger partial charge is 0.393 e. The maximum atomic E-state index is 10.3. The molecule has 0 aromatic carbocycles. The minimum absolute atomic E-state index is 0.0798. The number of aliphatic hydroxyl groups is 1. The second kappa shape index (κ2) is 9.15. The minimum Gasteiger partial charge on any atom is -0.393 e. The van der Waals surface area contributed by atoms with E-state index < -0.39 is 0 Å². The standard InChI is InChI=1S/C30H52O/c1-7-8-22(20(2)3)10-9-21(4)26-13-14-27-25-12-11-23-19-24(31)15-17-29(23,5)28(25)16-18-30(26,27)6/h11,20-22,24-28,31H,7-10,12-19H2,1-6H3/t21-,22?,24+,25?,26-,27?,28?,29+,30-/m1/s1. The van der Waals surface area contributed by atoms with E-state index in [9.17, 15) is 5.11 Å². The Morgan fingerprint density at radius 2 is 1.74 bits per heavy atom. The summed E-state index contributed by atoms with van der Waals surface area (Å²) in [7, 11) is 0. The molecular weight excluding hydrogens is 376 g/mol. The van der Waals surface area contributed by atoms with Crippen LogP contribution in [0.3, 0.4) is 0 Å². The van der Waals surface area contributed by atoms with Gasteiger partial charge < -0.3 is 5.11 Å². The van der Waals surface area contributed by atoms with E-state index in [2.05, 4.69) is 47.6 Å². The summed E-state index contributed by atoms with van der Waals surface area (Å²) in [5.74, 6) is 6.32. The van der Waals surface area contributed by atoms with Crippen LogP contribution in [0, 0.1) is 52.3 Å². The Bertz CT molecular complexity index is 649. The lowest BCUT2D eigenvalue weighted by atomic mass is 9.47. The van der Waals surface area contributed by atoms with Gasteiger partial charge in [-0.3, -0.25) is 0 Å². The van der Waals surface area contributed by atoms with Gasteiger partial charge >= 0.3 is 0 Å². The Kier molecular flexibility index (Phi) is 7.04. The van der Waals surface area contributed by atoms with Gasteiger partial charge in [0.05, 0.1) is 6.10 Å². The van der Waals surface area contributed by atoms with Crippen molar-refractivity contribution >= 4 is 0 Å². The van der Waals surface area contributed by atoms with E-state index in [1.54, 1.807) is 5.57 Å². The molecule has 1 heteroatoms.